The molecule has 0 bridgehead atoms. The Hall–Kier alpha value is -2.45. The Morgan fingerprint density at radius 3 is 2.45 bits per heavy atom. The van der Waals surface area contributed by atoms with E-state index in [0.29, 0.717) is 5.56 Å². The zero-order valence-electron chi connectivity index (χ0n) is 11.1. The van der Waals surface area contributed by atoms with Gasteiger partial charge < -0.3 is 10.2 Å². The molecule has 0 saturated carbocycles. The number of nitrogens with one attached hydrogen (secondary N) is 1. The van der Waals surface area contributed by atoms with Gasteiger partial charge in [-0.15, -0.1) is 0 Å². The average molecular weight is 265 g/mol. The van der Waals surface area contributed by atoms with E-state index in [-0.39, 0.29) is 0 Å². The van der Waals surface area contributed by atoms with Crippen molar-refractivity contribution in [3.8, 4) is 17.3 Å². The summed E-state index contributed by atoms with van der Waals surface area (Å²) in [6.45, 7) is 3.79. The molecule has 100 valence electrons. The Balaban J connectivity index is 1.98. The molecule has 5 heteroatoms. The van der Waals surface area contributed by atoms with Crippen LogP contribution >= 0.6 is 0 Å². The number of rotatable bonds is 2. The van der Waals surface area contributed by atoms with E-state index in [2.05, 4.69) is 26.3 Å². The highest BCUT2D eigenvalue weighted by Gasteiger charge is 2.17. The molecule has 0 radical (unpaired) electrons. The highest BCUT2D eigenvalue weighted by molar-refractivity contribution is 5.72. The molecule has 20 heavy (non-hydrogen) atoms. The van der Waals surface area contributed by atoms with Gasteiger partial charge in [0, 0.05) is 44.1 Å². The maximum Gasteiger partial charge on any atom is 0.155 e. The minimum absolute atomic E-state index is 0.654. The molecule has 2 heterocycles. The number of piperazine rings is 1. The minimum atomic E-state index is 0.654. The summed E-state index contributed by atoms with van der Waals surface area (Å²) in [7, 11) is 0. The van der Waals surface area contributed by atoms with Gasteiger partial charge in [-0.1, -0.05) is 12.1 Å². The standard InChI is InChI=1S/C15H15N5/c16-11-12-1-3-13(4-2-12)14-15(19-6-5-18-14)20-9-7-17-8-10-20/h1-6,17H,7-10H2. The fraction of sp³-hybridized carbons (Fsp3) is 0.267. The normalized spacial score (nSPS) is 14.8. The molecule has 1 aromatic carbocycles. The van der Waals surface area contributed by atoms with Crippen LogP contribution in [0.3, 0.4) is 0 Å². The van der Waals surface area contributed by atoms with Crippen LogP contribution < -0.4 is 10.2 Å². The molecule has 1 N–H and O–H groups in total. The van der Waals surface area contributed by atoms with Crippen molar-refractivity contribution in [3.05, 3.63) is 42.2 Å². The van der Waals surface area contributed by atoms with E-state index in [1.807, 2.05) is 24.3 Å². The summed E-state index contributed by atoms with van der Waals surface area (Å²) in [6, 6.07) is 9.60. The van der Waals surface area contributed by atoms with Gasteiger partial charge in [0.1, 0.15) is 5.69 Å². The highest BCUT2D eigenvalue weighted by Crippen LogP contribution is 2.26. The lowest BCUT2D eigenvalue weighted by molar-refractivity contribution is 0.585. The maximum absolute atomic E-state index is 8.86. The molecule has 1 saturated heterocycles. The van der Waals surface area contributed by atoms with Crippen LogP contribution in [0.2, 0.25) is 0 Å². The average Bonchev–Trinajstić information content (AvgIpc) is 2.56. The van der Waals surface area contributed by atoms with Gasteiger partial charge in [-0.05, 0) is 12.1 Å². The topological polar surface area (TPSA) is 64.8 Å². The molecule has 5 nitrogen and oxygen atoms in total. The summed E-state index contributed by atoms with van der Waals surface area (Å²) in [5.74, 6) is 0.915. The van der Waals surface area contributed by atoms with Gasteiger partial charge in [0.25, 0.3) is 0 Å². The van der Waals surface area contributed by atoms with Crippen LogP contribution in [0.1, 0.15) is 5.56 Å². The van der Waals surface area contributed by atoms with Crippen molar-refractivity contribution < 1.29 is 0 Å². The Kier molecular flexibility index (Phi) is 3.57. The lowest BCUT2D eigenvalue weighted by atomic mass is 10.1. The fourth-order valence-electron chi connectivity index (χ4n) is 2.35. The first-order valence-corrected chi connectivity index (χ1v) is 6.66. The Morgan fingerprint density at radius 1 is 1.05 bits per heavy atom. The number of hydrogen-bond acceptors (Lipinski definition) is 5. The van der Waals surface area contributed by atoms with E-state index >= 15 is 0 Å². The van der Waals surface area contributed by atoms with Crippen LogP contribution in [0.15, 0.2) is 36.7 Å². The summed E-state index contributed by atoms with van der Waals surface area (Å²) in [6.07, 6.45) is 3.43. The third-order valence-electron chi connectivity index (χ3n) is 3.38. The number of nitrogens with zero attached hydrogens (tertiary/aromatic N) is 4. The van der Waals surface area contributed by atoms with Crippen molar-refractivity contribution >= 4 is 5.82 Å². The van der Waals surface area contributed by atoms with Gasteiger partial charge in [-0.25, -0.2) is 4.98 Å². The molecule has 0 spiro atoms. The van der Waals surface area contributed by atoms with E-state index in [4.69, 9.17) is 5.26 Å². The number of anilines is 1. The third-order valence-corrected chi connectivity index (χ3v) is 3.38. The van der Waals surface area contributed by atoms with E-state index < -0.39 is 0 Å². The van der Waals surface area contributed by atoms with Crippen LogP contribution in [-0.4, -0.2) is 36.1 Å². The Labute approximate surface area is 117 Å². The first-order valence-electron chi connectivity index (χ1n) is 6.66. The monoisotopic (exact) mass is 265 g/mol. The lowest BCUT2D eigenvalue weighted by Crippen LogP contribution is -2.44. The van der Waals surface area contributed by atoms with Crippen LogP contribution in [0.25, 0.3) is 11.3 Å². The van der Waals surface area contributed by atoms with Crippen molar-refractivity contribution in [2.24, 2.45) is 0 Å². The van der Waals surface area contributed by atoms with Crippen molar-refractivity contribution in [1.29, 1.82) is 5.26 Å². The second-order valence-corrected chi connectivity index (χ2v) is 4.65. The van der Waals surface area contributed by atoms with E-state index in [1.165, 1.54) is 0 Å². The molecule has 1 aliphatic rings. The van der Waals surface area contributed by atoms with Crippen LogP contribution in [0.4, 0.5) is 5.82 Å². The van der Waals surface area contributed by atoms with Gasteiger partial charge in [0.15, 0.2) is 5.82 Å². The molecule has 0 atom stereocenters. The molecule has 1 aliphatic heterocycles. The Morgan fingerprint density at radius 2 is 1.75 bits per heavy atom. The summed E-state index contributed by atoms with van der Waals surface area (Å²) in [5, 5.41) is 12.2. The molecular formula is C15H15N5. The summed E-state index contributed by atoms with van der Waals surface area (Å²) in [4.78, 5) is 11.2. The number of hydrogen-bond donors (Lipinski definition) is 1. The first kappa shape index (κ1) is 12.6. The van der Waals surface area contributed by atoms with Crippen LogP contribution in [0.5, 0.6) is 0 Å². The zero-order valence-corrected chi connectivity index (χ0v) is 11.1. The second-order valence-electron chi connectivity index (χ2n) is 4.65. The molecule has 1 aromatic heterocycles. The molecule has 0 aliphatic carbocycles. The number of nitriles is 1. The lowest BCUT2D eigenvalue weighted by Gasteiger charge is -2.29. The number of aromatic nitrogens is 2. The quantitative estimate of drug-likeness (QED) is 0.889. The SMILES string of the molecule is N#Cc1ccc(-c2nccnc2N2CCNCC2)cc1. The minimum Gasteiger partial charge on any atom is -0.352 e. The van der Waals surface area contributed by atoms with Gasteiger partial charge in [-0.3, -0.25) is 4.98 Å². The smallest absolute Gasteiger partial charge is 0.155 e. The van der Waals surface area contributed by atoms with Gasteiger partial charge in [0.2, 0.25) is 0 Å². The van der Waals surface area contributed by atoms with Gasteiger partial charge in [-0.2, -0.15) is 5.26 Å². The largest absolute Gasteiger partial charge is 0.352 e. The molecule has 1 fully saturated rings. The second kappa shape index (κ2) is 5.68. The predicted octanol–water partition coefficient (Wildman–Crippen LogP) is 1.42. The van der Waals surface area contributed by atoms with Gasteiger partial charge >= 0.3 is 0 Å². The van der Waals surface area contributed by atoms with E-state index in [1.54, 1.807) is 12.4 Å². The van der Waals surface area contributed by atoms with Crippen molar-refractivity contribution in [1.82, 2.24) is 15.3 Å². The first-order chi connectivity index (χ1) is 9.88. The molecular weight excluding hydrogens is 250 g/mol. The van der Waals surface area contributed by atoms with Crippen molar-refractivity contribution in [2.75, 3.05) is 31.1 Å². The molecule has 0 amide bonds. The van der Waals surface area contributed by atoms with Crippen LogP contribution in [0, 0.1) is 11.3 Å². The van der Waals surface area contributed by atoms with Crippen LogP contribution in [-0.2, 0) is 0 Å². The fourth-order valence-corrected chi connectivity index (χ4v) is 2.35. The van der Waals surface area contributed by atoms with Crippen molar-refractivity contribution in [2.45, 2.75) is 0 Å². The van der Waals surface area contributed by atoms with E-state index in [0.717, 1.165) is 43.3 Å². The summed E-state index contributed by atoms with van der Waals surface area (Å²) in [5.41, 5.74) is 2.52. The maximum atomic E-state index is 8.86. The van der Waals surface area contributed by atoms with Crippen molar-refractivity contribution in [3.63, 3.8) is 0 Å². The molecule has 3 rings (SSSR count). The predicted molar refractivity (Wildman–Crippen MR) is 77.3 cm³/mol. The Bertz CT molecular complexity index is 623. The highest BCUT2D eigenvalue weighted by atomic mass is 15.2. The third kappa shape index (κ3) is 2.46. The number of benzene rings is 1. The van der Waals surface area contributed by atoms with E-state index in [9.17, 15) is 0 Å². The molecule has 2 aromatic rings. The summed E-state index contributed by atoms with van der Waals surface area (Å²) >= 11 is 0. The van der Waals surface area contributed by atoms with Gasteiger partial charge in [0.05, 0.1) is 11.6 Å². The summed E-state index contributed by atoms with van der Waals surface area (Å²) < 4.78 is 0. The molecule has 0 unspecified atom stereocenters. The zero-order chi connectivity index (χ0) is 13.8.